The summed E-state index contributed by atoms with van der Waals surface area (Å²) in [6, 6.07) is 0. The molecule has 0 bridgehead atoms. The van der Waals surface area contributed by atoms with Crippen LogP contribution in [-0.2, 0) is 33.6 Å². The quantitative estimate of drug-likeness (QED) is 0.0227. The van der Waals surface area contributed by atoms with Gasteiger partial charge in [-0.2, -0.15) is 0 Å². The molecule has 0 aliphatic carbocycles. The van der Waals surface area contributed by atoms with Crippen LogP contribution in [-0.4, -0.2) is 83.5 Å². The van der Waals surface area contributed by atoms with Gasteiger partial charge in [-0.3, -0.25) is 9.18 Å². The Morgan fingerprint density at radius 1 is 1.05 bits per heavy atom. The molecule has 222 valence electrons. The van der Waals surface area contributed by atoms with E-state index < -0.39 is 18.6 Å². The molecule has 2 aromatic heterocycles. The van der Waals surface area contributed by atoms with Gasteiger partial charge in [0.25, 0.3) is 6.47 Å². The fraction of sp³-hybridized carbons (Fsp3) is 0.421. The van der Waals surface area contributed by atoms with Crippen molar-refractivity contribution in [3.05, 3.63) is 22.1 Å². The largest absolute Gasteiger partial charge is 1.00 e. The van der Waals surface area contributed by atoms with Crippen LogP contribution < -0.4 is 119 Å². The number of anilines is 2. The van der Waals surface area contributed by atoms with E-state index in [1.54, 1.807) is 19.2 Å². The molecule has 0 amide bonds. The first kappa shape index (κ1) is 47.7. The monoisotopic (exact) mass is 742 g/mol. The summed E-state index contributed by atoms with van der Waals surface area (Å²) in [6.07, 6.45) is 0. The Morgan fingerprint density at radius 3 is 1.76 bits per heavy atom. The molecule has 0 atom stereocenters. The number of nitrogens with two attached hydrogens (primary N) is 2. The van der Waals surface area contributed by atoms with Gasteiger partial charge < -0.3 is 42.6 Å². The second kappa shape index (κ2) is 32.7. The molecule has 5 N–H and O–H groups in total. The summed E-state index contributed by atoms with van der Waals surface area (Å²) in [7, 11) is 0. The number of hydrogen-bond acceptors (Lipinski definition) is 17. The first-order valence-electron chi connectivity index (χ1n) is 10.3. The van der Waals surface area contributed by atoms with Crippen LogP contribution in [0.25, 0.3) is 0 Å². The van der Waals surface area contributed by atoms with E-state index in [-0.39, 0.29) is 160 Å². The molecule has 0 unspecified atom stereocenters. The van der Waals surface area contributed by atoms with E-state index in [9.17, 15) is 18.4 Å². The maximum atomic E-state index is 11.9. The molecule has 0 radical (unpaired) electrons. The maximum Gasteiger partial charge on any atom is 1.00 e. The minimum Gasteiger partial charge on any atom is -1.00 e. The third-order valence-electron chi connectivity index (χ3n) is 3.00. The van der Waals surface area contributed by atoms with Gasteiger partial charge in [-0.05, 0) is 13.8 Å². The van der Waals surface area contributed by atoms with E-state index in [0.29, 0.717) is 15.6 Å². The van der Waals surface area contributed by atoms with Crippen LogP contribution in [0.2, 0.25) is 0 Å². The van der Waals surface area contributed by atoms with Crippen LogP contribution in [0.1, 0.15) is 26.7 Å². The van der Waals surface area contributed by atoms with Crippen LogP contribution in [0.3, 0.4) is 0 Å². The maximum absolute atomic E-state index is 11.9. The molecule has 0 spiro atoms. The van der Waals surface area contributed by atoms with Crippen LogP contribution in [0.15, 0.2) is 21.1 Å². The molecule has 0 saturated carbocycles. The number of carbonyl (C=O) groups is 3. The number of rotatable bonds is 11. The Morgan fingerprint density at radius 2 is 1.46 bits per heavy atom. The predicted octanol–water partition coefficient (Wildman–Crippen LogP) is -4.65. The molecule has 41 heavy (non-hydrogen) atoms. The molecule has 0 aliphatic rings. The van der Waals surface area contributed by atoms with Crippen LogP contribution in [0, 0.1) is 0 Å². The van der Waals surface area contributed by atoms with Gasteiger partial charge in [0.2, 0.25) is 11.4 Å². The van der Waals surface area contributed by atoms with Crippen molar-refractivity contribution in [2.75, 3.05) is 50.0 Å². The molecule has 0 aromatic carbocycles. The Bertz CT molecular complexity index is 1040. The second-order valence-corrected chi connectivity index (χ2v) is 8.14. The molecule has 22 heteroatoms. The summed E-state index contributed by atoms with van der Waals surface area (Å²) in [5, 5.41) is 27.5. The van der Waals surface area contributed by atoms with Crippen LogP contribution in [0.4, 0.5) is 19.0 Å². The number of aromatic nitrogens is 2. The van der Waals surface area contributed by atoms with E-state index in [0.717, 1.165) is 22.7 Å². The van der Waals surface area contributed by atoms with Gasteiger partial charge in [0.05, 0.1) is 19.9 Å². The number of halogens is 3. The summed E-state index contributed by atoms with van der Waals surface area (Å²) in [5.41, 5.74) is 10.9. The Hall–Kier alpha value is -0.217. The zero-order valence-electron chi connectivity index (χ0n) is 23.6. The van der Waals surface area contributed by atoms with Gasteiger partial charge in [0.1, 0.15) is 24.7 Å². The number of alkyl halides is 3. The molecule has 2 heterocycles. The van der Waals surface area contributed by atoms with Crippen molar-refractivity contribution >= 4 is 78.7 Å². The second-order valence-electron chi connectivity index (χ2n) is 5.56. The van der Waals surface area contributed by atoms with Crippen LogP contribution >= 0.6 is 38.6 Å². The number of carbonyl (C=O) groups excluding carboxylic acids is 3. The number of nitrogens with zero attached hydrogens (tertiary/aromatic N) is 4. The molecular formula is C19H27BrF2K2N6O9S2. The summed E-state index contributed by atoms with van der Waals surface area (Å²) in [4.78, 5) is 46.3. The molecule has 2 aromatic rings. The van der Waals surface area contributed by atoms with Crippen molar-refractivity contribution in [1.29, 1.82) is 0 Å². The van der Waals surface area contributed by atoms with Gasteiger partial charge in [-0.25, -0.2) is 23.9 Å². The van der Waals surface area contributed by atoms with Gasteiger partial charge in [-0.1, -0.05) is 26.2 Å². The SMILES string of the molecule is CCOC(=O)/C(=N\O)c1csc(N)n1.CCOC(=O)/C(=N\OCCF)c1csc(N)n1.FCCBr.O=CO[O-].[H-].[K+].[K+]. The van der Waals surface area contributed by atoms with E-state index in [1.807, 2.05) is 0 Å². The summed E-state index contributed by atoms with van der Waals surface area (Å²) in [6.45, 7) is 2.34. The summed E-state index contributed by atoms with van der Waals surface area (Å²) in [5.74, 6) is -1.41. The molecule has 0 fully saturated rings. The van der Waals surface area contributed by atoms with Crippen molar-refractivity contribution in [3.8, 4) is 0 Å². The fourth-order valence-corrected chi connectivity index (χ4v) is 2.82. The van der Waals surface area contributed by atoms with Crippen LogP contribution in [0.5, 0.6) is 0 Å². The summed E-state index contributed by atoms with van der Waals surface area (Å²) >= 11 is 5.18. The van der Waals surface area contributed by atoms with Gasteiger partial charge in [0, 0.05) is 16.1 Å². The third-order valence-corrected chi connectivity index (χ3v) is 4.65. The number of ether oxygens (including phenoxy) is 2. The number of esters is 2. The van der Waals surface area contributed by atoms with Crippen molar-refractivity contribution in [1.82, 2.24) is 9.97 Å². The van der Waals surface area contributed by atoms with Crippen molar-refractivity contribution in [2.24, 2.45) is 10.3 Å². The third kappa shape index (κ3) is 23.9. The Balaban J connectivity index is -0.000000165. The molecule has 0 aliphatic heterocycles. The molecule has 0 saturated heterocycles. The van der Waals surface area contributed by atoms with E-state index in [4.69, 9.17) is 31.5 Å². The van der Waals surface area contributed by atoms with Crippen molar-refractivity contribution in [2.45, 2.75) is 13.8 Å². The normalized spacial score (nSPS) is 9.80. The smallest absolute Gasteiger partial charge is 1.00 e. The minimum atomic E-state index is -0.722. The first-order chi connectivity index (χ1) is 18.7. The number of hydrogen-bond donors (Lipinski definition) is 3. The van der Waals surface area contributed by atoms with Gasteiger partial charge >= 0.3 is 115 Å². The van der Waals surface area contributed by atoms with E-state index >= 15 is 0 Å². The first-order valence-corrected chi connectivity index (χ1v) is 13.2. The average Bonchev–Trinajstić information content (AvgIpc) is 3.56. The average molecular weight is 744 g/mol. The van der Waals surface area contributed by atoms with E-state index in [2.05, 4.69) is 50.7 Å². The van der Waals surface area contributed by atoms with Crippen molar-refractivity contribution < 1.29 is 157 Å². The van der Waals surface area contributed by atoms with Crippen molar-refractivity contribution in [3.63, 3.8) is 0 Å². The number of nitrogen functional groups attached to an aromatic ring is 2. The molecule has 2 rings (SSSR count). The number of thiazole rings is 2. The van der Waals surface area contributed by atoms with Gasteiger partial charge in [0.15, 0.2) is 10.3 Å². The zero-order valence-corrected chi connectivity index (χ0v) is 32.0. The fourth-order valence-electron chi connectivity index (χ4n) is 1.72. The standard InChI is InChI=1S/C9H12FN3O3S.C7H9N3O3S.C2H4BrF.CH2O3.2K.H/c1-2-15-8(14)7(13-16-4-3-10)6-5-17-9(11)12-6;1-2-13-6(11)5(10-12)4-3-14-7(8)9-4;3-1-2-4;2-1-4-3;;;/h5H,2-4H2,1H3,(H2,11,12);3,12H,2H2,1H3,(H2,8,9);1-2H2;1,3H;;;/q;;;;2*+1;-1/p-1/b13-7-;10-5-;;;;;. The Kier molecular flexibility index (Phi) is 38.0. The summed E-state index contributed by atoms with van der Waals surface area (Å²) < 4.78 is 32.0. The minimum absolute atomic E-state index is 0. The Labute approximate surface area is 336 Å². The predicted molar refractivity (Wildman–Crippen MR) is 141 cm³/mol. The molecular weight excluding hydrogens is 716 g/mol. The number of oxime groups is 2. The topological polar surface area (TPSA) is 234 Å². The molecule has 15 nitrogen and oxygen atoms in total. The van der Waals surface area contributed by atoms with E-state index in [1.165, 1.54) is 5.38 Å². The van der Waals surface area contributed by atoms with Gasteiger partial charge in [-0.15, -0.1) is 22.7 Å². The zero-order chi connectivity index (χ0) is 30.1.